The second-order valence-corrected chi connectivity index (χ2v) is 5.08. The molecule has 0 bridgehead atoms. The SMILES string of the molecule is Cc1ccc(C)c(NC(=S)Nc2ccccc2[N+](=O)[O-])c1. The van der Waals surface area contributed by atoms with Gasteiger partial charge in [-0.15, -0.1) is 0 Å². The summed E-state index contributed by atoms with van der Waals surface area (Å²) < 4.78 is 0. The Bertz CT molecular complexity index is 701. The van der Waals surface area contributed by atoms with E-state index in [9.17, 15) is 10.1 Å². The fraction of sp³-hybridized carbons (Fsp3) is 0.133. The lowest BCUT2D eigenvalue weighted by Crippen LogP contribution is -2.20. The lowest BCUT2D eigenvalue weighted by molar-refractivity contribution is -0.383. The van der Waals surface area contributed by atoms with Gasteiger partial charge in [0.2, 0.25) is 0 Å². The van der Waals surface area contributed by atoms with Crippen molar-refractivity contribution in [2.24, 2.45) is 0 Å². The molecule has 21 heavy (non-hydrogen) atoms. The Balaban J connectivity index is 2.16. The number of para-hydroxylation sites is 2. The molecule has 0 saturated carbocycles. The van der Waals surface area contributed by atoms with E-state index in [1.807, 2.05) is 32.0 Å². The molecule has 0 aliphatic carbocycles. The highest BCUT2D eigenvalue weighted by Gasteiger charge is 2.13. The van der Waals surface area contributed by atoms with E-state index >= 15 is 0 Å². The summed E-state index contributed by atoms with van der Waals surface area (Å²) in [6, 6.07) is 12.4. The molecule has 0 aromatic heterocycles. The van der Waals surface area contributed by atoms with Crippen LogP contribution in [0.2, 0.25) is 0 Å². The maximum Gasteiger partial charge on any atom is 0.292 e. The average Bonchev–Trinajstić information content (AvgIpc) is 2.43. The van der Waals surface area contributed by atoms with Gasteiger partial charge in [-0.25, -0.2) is 0 Å². The van der Waals surface area contributed by atoms with Gasteiger partial charge in [-0.3, -0.25) is 10.1 Å². The number of nitrogens with zero attached hydrogens (tertiary/aromatic N) is 1. The minimum absolute atomic E-state index is 0.0115. The zero-order valence-corrected chi connectivity index (χ0v) is 12.5. The van der Waals surface area contributed by atoms with Crippen molar-refractivity contribution in [1.82, 2.24) is 0 Å². The second kappa shape index (κ2) is 6.32. The lowest BCUT2D eigenvalue weighted by atomic mass is 10.1. The van der Waals surface area contributed by atoms with Crippen LogP contribution in [0.3, 0.4) is 0 Å². The molecule has 6 heteroatoms. The number of aryl methyl sites for hydroxylation is 2. The van der Waals surface area contributed by atoms with E-state index in [0.717, 1.165) is 16.8 Å². The smallest absolute Gasteiger partial charge is 0.292 e. The van der Waals surface area contributed by atoms with E-state index in [0.29, 0.717) is 10.8 Å². The number of benzene rings is 2. The monoisotopic (exact) mass is 301 g/mol. The van der Waals surface area contributed by atoms with Gasteiger partial charge < -0.3 is 10.6 Å². The van der Waals surface area contributed by atoms with Gasteiger partial charge in [0.25, 0.3) is 5.69 Å². The molecule has 2 N–H and O–H groups in total. The van der Waals surface area contributed by atoms with Crippen molar-refractivity contribution in [2.45, 2.75) is 13.8 Å². The Morgan fingerprint density at radius 2 is 1.76 bits per heavy atom. The van der Waals surface area contributed by atoms with E-state index in [1.165, 1.54) is 6.07 Å². The van der Waals surface area contributed by atoms with E-state index in [1.54, 1.807) is 18.2 Å². The Hall–Kier alpha value is -2.47. The molecular weight excluding hydrogens is 286 g/mol. The number of nitro benzene ring substituents is 1. The number of hydrogen-bond donors (Lipinski definition) is 2. The average molecular weight is 301 g/mol. The van der Waals surface area contributed by atoms with Crippen LogP contribution < -0.4 is 10.6 Å². The second-order valence-electron chi connectivity index (χ2n) is 4.67. The molecule has 0 spiro atoms. The zero-order chi connectivity index (χ0) is 15.4. The normalized spacial score (nSPS) is 10.0. The minimum Gasteiger partial charge on any atom is -0.332 e. The largest absolute Gasteiger partial charge is 0.332 e. The minimum atomic E-state index is -0.442. The fourth-order valence-corrected chi connectivity index (χ4v) is 2.10. The van der Waals surface area contributed by atoms with Gasteiger partial charge in [0.15, 0.2) is 5.11 Å². The summed E-state index contributed by atoms with van der Waals surface area (Å²) in [7, 11) is 0. The molecule has 0 radical (unpaired) electrons. The van der Waals surface area contributed by atoms with Crippen LogP contribution in [0.5, 0.6) is 0 Å². The molecule has 0 aliphatic heterocycles. The summed E-state index contributed by atoms with van der Waals surface area (Å²) in [6.07, 6.45) is 0. The van der Waals surface area contributed by atoms with Crippen LogP contribution in [-0.4, -0.2) is 10.0 Å². The Labute approximate surface area is 128 Å². The molecule has 2 rings (SSSR count). The highest BCUT2D eigenvalue weighted by atomic mass is 32.1. The van der Waals surface area contributed by atoms with E-state index in [-0.39, 0.29) is 5.69 Å². The molecule has 108 valence electrons. The maximum atomic E-state index is 11.0. The van der Waals surface area contributed by atoms with Gasteiger partial charge >= 0.3 is 0 Å². The van der Waals surface area contributed by atoms with Crippen molar-refractivity contribution in [3.63, 3.8) is 0 Å². The van der Waals surface area contributed by atoms with Crippen molar-refractivity contribution in [1.29, 1.82) is 0 Å². The highest BCUT2D eigenvalue weighted by Crippen LogP contribution is 2.24. The summed E-state index contributed by atoms with van der Waals surface area (Å²) in [5, 5.41) is 17.2. The molecule has 0 amide bonds. The summed E-state index contributed by atoms with van der Waals surface area (Å²) in [6.45, 7) is 3.96. The Morgan fingerprint density at radius 1 is 1.10 bits per heavy atom. The number of nitro groups is 1. The number of rotatable bonds is 3. The fourth-order valence-electron chi connectivity index (χ4n) is 1.88. The van der Waals surface area contributed by atoms with Crippen LogP contribution in [-0.2, 0) is 0 Å². The molecule has 0 atom stereocenters. The van der Waals surface area contributed by atoms with Crippen molar-refractivity contribution in [2.75, 3.05) is 10.6 Å². The first-order valence-electron chi connectivity index (χ1n) is 6.36. The third-order valence-corrected chi connectivity index (χ3v) is 3.19. The van der Waals surface area contributed by atoms with Gasteiger partial charge in [0, 0.05) is 11.8 Å². The Morgan fingerprint density at radius 3 is 2.48 bits per heavy atom. The maximum absolute atomic E-state index is 11.0. The standard InChI is InChI=1S/C15H15N3O2S/c1-10-7-8-11(2)13(9-10)17-15(21)16-12-5-3-4-6-14(12)18(19)20/h3-9H,1-2H3,(H2,16,17,21). The number of nitrogens with one attached hydrogen (secondary N) is 2. The van der Waals surface area contributed by atoms with Gasteiger partial charge in [0.05, 0.1) is 4.92 Å². The molecule has 0 unspecified atom stereocenters. The summed E-state index contributed by atoms with van der Waals surface area (Å²) in [5.74, 6) is 0. The van der Waals surface area contributed by atoms with Crippen LogP contribution in [0.15, 0.2) is 42.5 Å². The van der Waals surface area contributed by atoms with Crippen LogP contribution in [0.4, 0.5) is 17.1 Å². The van der Waals surface area contributed by atoms with Gasteiger partial charge in [-0.2, -0.15) is 0 Å². The molecule has 2 aromatic rings. The topological polar surface area (TPSA) is 67.2 Å². The van der Waals surface area contributed by atoms with Crippen LogP contribution in [0, 0.1) is 24.0 Å². The van der Waals surface area contributed by atoms with Crippen molar-refractivity contribution >= 4 is 34.4 Å². The van der Waals surface area contributed by atoms with Crippen LogP contribution in [0.1, 0.15) is 11.1 Å². The van der Waals surface area contributed by atoms with Gasteiger partial charge in [0.1, 0.15) is 5.69 Å². The third kappa shape index (κ3) is 3.76. The highest BCUT2D eigenvalue weighted by molar-refractivity contribution is 7.80. The quantitative estimate of drug-likeness (QED) is 0.509. The molecule has 0 aliphatic rings. The van der Waals surface area contributed by atoms with E-state index < -0.39 is 4.92 Å². The van der Waals surface area contributed by atoms with Crippen LogP contribution >= 0.6 is 12.2 Å². The zero-order valence-electron chi connectivity index (χ0n) is 11.7. The molecule has 0 saturated heterocycles. The molecule has 0 heterocycles. The number of thiocarbonyl (C=S) groups is 1. The van der Waals surface area contributed by atoms with Crippen molar-refractivity contribution in [3.8, 4) is 0 Å². The van der Waals surface area contributed by atoms with Crippen LogP contribution in [0.25, 0.3) is 0 Å². The lowest BCUT2D eigenvalue weighted by Gasteiger charge is -2.13. The molecule has 0 fully saturated rings. The predicted octanol–water partition coefficient (Wildman–Crippen LogP) is 4.02. The van der Waals surface area contributed by atoms with E-state index in [4.69, 9.17) is 12.2 Å². The first-order valence-corrected chi connectivity index (χ1v) is 6.77. The third-order valence-electron chi connectivity index (χ3n) is 2.99. The predicted molar refractivity (Wildman–Crippen MR) is 88.9 cm³/mol. The van der Waals surface area contributed by atoms with Gasteiger partial charge in [-0.1, -0.05) is 24.3 Å². The first kappa shape index (κ1) is 14.9. The summed E-state index contributed by atoms with van der Waals surface area (Å²) >= 11 is 5.22. The number of hydrogen-bond acceptors (Lipinski definition) is 3. The van der Waals surface area contributed by atoms with Gasteiger partial charge in [-0.05, 0) is 49.3 Å². The molecular formula is C15H15N3O2S. The molecule has 5 nitrogen and oxygen atoms in total. The summed E-state index contributed by atoms with van der Waals surface area (Å²) in [5.41, 5.74) is 3.39. The molecule has 2 aromatic carbocycles. The summed E-state index contributed by atoms with van der Waals surface area (Å²) in [4.78, 5) is 10.5. The Kier molecular flexibility index (Phi) is 4.49. The van der Waals surface area contributed by atoms with Crippen molar-refractivity contribution < 1.29 is 4.92 Å². The van der Waals surface area contributed by atoms with Crippen molar-refractivity contribution in [3.05, 3.63) is 63.7 Å². The van der Waals surface area contributed by atoms with E-state index in [2.05, 4.69) is 10.6 Å². The first-order chi connectivity index (χ1) is 9.97. The number of anilines is 2.